The Morgan fingerprint density at radius 1 is 1.11 bits per heavy atom. The summed E-state index contributed by atoms with van der Waals surface area (Å²) < 4.78 is 13.8. The summed E-state index contributed by atoms with van der Waals surface area (Å²) >= 11 is 0. The van der Waals surface area contributed by atoms with Crippen molar-refractivity contribution in [2.45, 2.75) is 6.92 Å². The number of carbonyl (C=O) groups excluding carboxylic acids is 2. The second kappa shape index (κ2) is 8.22. The third-order valence-electron chi connectivity index (χ3n) is 3.92. The zero-order chi connectivity index (χ0) is 20.1. The molecule has 0 spiro atoms. The van der Waals surface area contributed by atoms with Gasteiger partial charge in [0.1, 0.15) is 5.82 Å². The number of rotatable bonds is 5. The van der Waals surface area contributed by atoms with Crippen molar-refractivity contribution in [3.05, 3.63) is 84.5 Å². The van der Waals surface area contributed by atoms with Crippen LogP contribution >= 0.6 is 0 Å². The summed E-state index contributed by atoms with van der Waals surface area (Å²) in [5.41, 5.74) is 1.90. The number of carbonyl (C=O) groups is 2. The first-order valence-electron chi connectivity index (χ1n) is 8.41. The zero-order valence-electron chi connectivity index (χ0n) is 15.1. The van der Waals surface area contributed by atoms with Crippen molar-refractivity contribution in [3.8, 4) is 11.4 Å². The molecule has 0 saturated carbocycles. The molecular weight excluding hydrogens is 359 g/mol. The second-order valence-corrected chi connectivity index (χ2v) is 5.90. The van der Waals surface area contributed by atoms with Crippen LogP contribution in [0.15, 0.2) is 67.4 Å². The highest BCUT2D eigenvalue weighted by atomic mass is 19.1. The first-order valence-corrected chi connectivity index (χ1v) is 8.41. The summed E-state index contributed by atoms with van der Waals surface area (Å²) in [5, 5.41) is 5.00. The van der Waals surface area contributed by atoms with Gasteiger partial charge < -0.3 is 10.6 Å². The van der Waals surface area contributed by atoms with Crippen LogP contribution in [0.1, 0.15) is 16.1 Å². The molecule has 28 heavy (non-hydrogen) atoms. The third-order valence-corrected chi connectivity index (χ3v) is 3.92. The van der Waals surface area contributed by atoms with Crippen LogP contribution in [0.4, 0.5) is 15.8 Å². The van der Waals surface area contributed by atoms with E-state index in [2.05, 4.69) is 27.2 Å². The number of halogens is 1. The Morgan fingerprint density at radius 2 is 1.86 bits per heavy atom. The number of nitrogens with zero attached hydrogens (tertiary/aromatic N) is 2. The fourth-order valence-electron chi connectivity index (χ4n) is 2.50. The molecule has 7 heteroatoms. The molecule has 0 aliphatic heterocycles. The van der Waals surface area contributed by atoms with Gasteiger partial charge in [0.2, 0.25) is 5.91 Å². The van der Waals surface area contributed by atoms with E-state index in [1.54, 1.807) is 6.92 Å². The number of benzene rings is 2. The van der Waals surface area contributed by atoms with Crippen LogP contribution in [0.5, 0.6) is 0 Å². The number of hydrogen-bond donors (Lipinski definition) is 2. The molecule has 2 amide bonds. The maximum Gasteiger partial charge on any atom is 0.259 e. The van der Waals surface area contributed by atoms with Crippen molar-refractivity contribution in [1.29, 1.82) is 0 Å². The maximum atomic E-state index is 13.8. The van der Waals surface area contributed by atoms with E-state index in [1.807, 2.05) is 30.3 Å². The average Bonchev–Trinajstić information content (AvgIpc) is 2.70. The van der Waals surface area contributed by atoms with Gasteiger partial charge in [-0.2, -0.15) is 0 Å². The third kappa shape index (κ3) is 4.27. The van der Waals surface area contributed by atoms with Gasteiger partial charge in [0.25, 0.3) is 5.91 Å². The number of anilines is 2. The quantitative estimate of drug-likeness (QED) is 0.660. The largest absolute Gasteiger partial charge is 0.322 e. The molecule has 6 nitrogen and oxygen atoms in total. The van der Waals surface area contributed by atoms with E-state index in [0.29, 0.717) is 22.8 Å². The van der Waals surface area contributed by atoms with Crippen molar-refractivity contribution in [2.24, 2.45) is 0 Å². The normalized spacial score (nSPS) is 10.2. The Bertz CT molecular complexity index is 1050. The molecule has 1 heterocycles. The Morgan fingerprint density at radius 3 is 2.54 bits per heavy atom. The summed E-state index contributed by atoms with van der Waals surface area (Å²) in [6.45, 7) is 5.03. The molecule has 0 fully saturated rings. The molecular formula is C21H17FN4O2. The van der Waals surface area contributed by atoms with Gasteiger partial charge in [0, 0.05) is 17.4 Å². The van der Waals surface area contributed by atoms with E-state index in [9.17, 15) is 14.0 Å². The number of aryl methyl sites for hydroxylation is 1. The fraction of sp³-hybridized carbons (Fsp3) is 0.0476. The SMILES string of the molecule is C=CC(=O)Nc1cc(NC(=O)c2cnc(-c3ccccc3)nc2C)ccc1F. The lowest BCUT2D eigenvalue weighted by Gasteiger charge is -2.10. The first-order chi connectivity index (χ1) is 13.5. The van der Waals surface area contributed by atoms with Gasteiger partial charge >= 0.3 is 0 Å². The van der Waals surface area contributed by atoms with Gasteiger partial charge in [-0.25, -0.2) is 14.4 Å². The number of hydrogen-bond acceptors (Lipinski definition) is 4. The standard InChI is InChI=1S/C21H17FN4O2/c1-3-19(27)26-18-11-15(9-10-17(18)22)25-21(28)16-12-23-20(24-13(16)2)14-7-5-4-6-8-14/h3-12H,1H2,2H3,(H,25,28)(H,26,27). The molecule has 3 aromatic rings. The highest BCUT2D eigenvalue weighted by Gasteiger charge is 2.14. The van der Waals surface area contributed by atoms with Crippen LogP contribution in [0.3, 0.4) is 0 Å². The lowest BCUT2D eigenvalue weighted by molar-refractivity contribution is -0.111. The Hall–Kier alpha value is -3.87. The molecule has 2 N–H and O–H groups in total. The van der Waals surface area contributed by atoms with Gasteiger partial charge in [0.15, 0.2) is 5.82 Å². The zero-order valence-corrected chi connectivity index (χ0v) is 15.1. The van der Waals surface area contributed by atoms with Gasteiger partial charge in [-0.15, -0.1) is 0 Å². The van der Waals surface area contributed by atoms with E-state index in [4.69, 9.17) is 0 Å². The van der Waals surface area contributed by atoms with E-state index >= 15 is 0 Å². The van der Waals surface area contributed by atoms with Crippen molar-refractivity contribution in [3.63, 3.8) is 0 Å². The molecule has 1 aromatic heterocycles. The van der Waals surface area contributed by atoms with E-state index in [1.165, 1.54) is 18.3 Å². The molecule has 0 saturated heterocycles. The molecule has 140 valence electrons. The second-order valence-electron chi connectivity index (χ2n) is 5.90. The van der Waals surface area contributed by atoms with Crippen molar-refractivity contribution < 1.29 is 14.0 Å². The van der Waals surface area contributed by atoms with E-state index in [0.717, 1.165) is 17.7 Å². The number of aromatic nitrogens is 2. The van der Waals surface area contributed by atoms with Gasteiger partial charge in [-0.3, -0.25) is 9.59 Å². The topological polar surface area (TPSA) is 84.0 Å². The minimum Gasteiger partial charge on any atom is -0.322 e. The van der Waals surface area contributed by atoms with Gasteiger partial charge in [-0.05, 0) is 31.2 Å². The lowest BCUT2D eigenvalue weighted by atomic mass is 10.1. The van der Waals surface area contributed by atoms with Crippen LogP contribution in [0, 0.1) is 12.7 Å². The van der Waals surface area contributed by atoms with Crippen molar-refractivity contribution in [2.75, 3.05) is 10.6 Å². The molecule has 0 radical (unpaired) electrons. The lowest BCUT2D eigenvalue weighted by Crippen LogP contribution is -2.16. The van der Waals surface area contributed by atoms with Crippen LogP contribution in [0.2, 0.25) is 0 Å². The van der Waals surface area contributed by atoms with E-state index in [-0.39, 0.29) is 5.69 Å². The number of nitrogens with one attached hydrogen (secondary N) is 2. The highest BCUT2D eigenvalue weighted by Crippen LogP contribution is 2.21. The minimum atomic E-state index is -0.625. The Kier molecular flexibility index (Phi) is 5.55. The molecule has 0 bridgehead atoms. The maximum absolute atomic E-state index is 13.8. The monoisotopic (exact) mass is 376 g/mol. The molecule has 0 aliphatic carbocycles. The summed E-state index contributed by atoms with van der Waals surface area (Å²) in [6, 6.07) is 13.3. The highest BCUT2D eigenvalue weighted by molar-refractivity contribution is 6.05. The number of amides is 2. The van der Waals surface area contributed by atoms with Crippen LogP contribution in [-0.4, -0.2) is 21.8 Å². The predicted molar refractivity (Wildman–Crippen MR) is 105 cm³/mol. The molecule has 0 aliphatic rings. The molecule has 2 aromatic carbocycles. The van der Waals surface area contributed by atoms with Gasteiger partial charge in [-0.1, -0.05) is 36.9 Å². The Balaban J connectivity index is 1.81. The predicted octanol–water partition coefficient (Wildman–Crippen LogP) is 3.97. The smallest absolute Gasteiger partial charge is 0.259 e. The summed E-state index contributed by atoms with van der Waals surface area (Å²) in [5.74, 6) is -1.10. The molecule has 0 unspecified atom stereocenters. The van der Waals surface area contributed by atoms with Crippen LogP contribution in [-0.2, 0) is 4.79 Å². The average molecular weight is 376 g/mol. The van der Waals surface area contributed by atoms with Crippen molar-refractivity contribution in [1.82, 2.24) is 9.97 Å². The van der Waals surface area contributed by atoms with Crippen molar-refractivity contribution >= 4 is 23.2 Å². The molecule has 0 atom stereocenters. The fourth-order valence-corrected chi connectivity index (χ4v) is 2.50. The first kappa shape index (κ1) is 18.9. The molecule has 3 rings (SSSR count). The Labute approximate surface area is 161 Å². The van der Waals surface area contributed by atoms with Crippen LogP contribution in [0.25, 0.3) is 11.4 Å². The summed E-state index contributed by atoms with van der Waals surface area (Å²) in [6.07, 6.45) is 2.48. The van der Waals surface area contributed by atoms with E-state index < -0.39 is 17.6 Å². The van der Waals surface area contributed by atoms with Crippen LogP contribution < -0.4 is 10.6 Å². The van der Waals surface area contributed by atoms with Gasteiger partial charge in [0.05, 0.1) is 16.9 Å². The summed E-state index contributed by atoms with van der Waals surface area (Å²) in [7, 11) is 0. The summed E-state index contributed by atoms with van der Waals surface area (Å²) in [4.78, 5) is 32.6. The minimum absolute atomic E-state index is 0.0601.